The van der Waals surface area contributed by atoms with E-state index in [0.717, 1.165) is 27.0 Å². The van der Waals surface area contributed by atoms with Crippen LogP contribution in [0.3, 0.4) is 0 Å². The highest BCUT2D eigenvalue weighted by Crippen LogP contribution is 2.32. The van der Waals surface area contributed by atoms with Gasteiger partial charge in [-0.1, -0.05) is 29.8 Å². The SMILES string of the molecule is Cc1cc(CCl)cc(Oc2ccc(Br)cc2C(C)C)n1. The summed E-state index contributed by atoms with van der Waals surface area (Å²) in [6.07, 6.45) is 0. The van der Waals surface area contributed by atoms with Gasteiger partial charge in [0.2, 0.25) is 5.88 Å². The van der Waals surface area contributed by atoms with Crippen molar-refractivity contribution in [2.24, 2.45) is 0 Å². The van der Waals surface area contributed by atoms with Crippen molar-refractivity contribution in [2.75, 3.05) is 0 Å². The molecule has 0 amide bonds. The molecule has 0 spiro atoms. The molecule has 0 bridgehead atoms. The van der Waals surface area contributed by atoms with Crippen LogP contribution >= 0.6 is 27.5 Å². The fraction of sp³-hybridized carbons (Fsp3) is 0.312. The summed E-state index contributed by atoms with van der Waals surface area (Å²) < 4.78 is 7.01. The van der Waals surface area contributed by atoms with Gasteiger partial charge in [-0.15, -0.1) is 11.6 Å². The minimum absolute atomic E-state index is 0.375. The van der Waals surface area contributed by atoms with E-state index in [2.05, 4.69) is 40.8 Å². The van der Waals surface area contributed by atoms with E-state index < -0.39 is 0 Å². The third kappa shape index (κ3) is 3.74. The minimum atomic E-state index is 0.375. The summed E-state index contributed by atoms with van der Waals surface area (Å²) in [6.45, 7) is 6.22. The maximum absolute atomic E-state index is 5.96. The van der Waals surface area contributed by atoms with Gasteiger partial charge < -0.3 is 4.74 Å². The zero-order valence-corrected chi connectivity index (χ0v) is 14.1. The molecule has 20 heavy (non-hydrogen) atoms. The van der Waals surface area contributed by atoms with Gasteiger partial charge in [0.15, 0.2) is 0 Å². The molecule has 0 aliphatic carbocycles. The second kappa shape index (κ2) is 6.59. The van der Waals surface area contributed by atoms with Crippen LogP contribution < -0.4 is 4.74 Å². The van der Waals surface area contributed by atoms with Crippen molar-refractivity contribution < 1.29 is 4.74 Å². The molecule has 0 atom stereocenters. The highest BCUT2D eigenvalue weighted by Gasteiger charge is 2.11. The van der Waals surface area contributed by atoms with E-state index in [1.165, 1.54) is 0 Å². The normalized spacial score (nSPS) is 10.9. The lowest BCUT2D eigenvalue weighted by Crippen LogP contribution is -1.97. The lowest BCUT2D eigenvalue weighted by molar-refractivity contribution is 0.452. The maximum Gasteiger partial charge on any atom is 0.219 e. The molecule has 106 valence electrons. The first-order chi connectivity index (χ1) is 9.49. The van der Waals surface area contributed by atoms with Crippen molar-refractivity contribution in [3.8, 4) is 11.6 Å². The van der Waals surface area contributed by atoms with E-state index >= 15 is 0 Å². The van der Waals surface area contributed by atoms with Crippen molar-refractivity contribution >= 4 is 27.5 Å². The summed E-state index contributed by atoms with van der Waals surface area (Å²) in [4.78, 5) is 4.41. The lowest BCUT2D eigenvalue weighted by atomic mass is 10.0. The molecule has 0 aliphatic heterocycles. The second-order valence-corrected chi connectivity index (χ2v) is 6.21. The Morgan fingerprint density at radius 3 is 2.65 bits per heavy atom. The Bertz CT molecular complexity index is 613. The Morgan fingerprint density at radius 2 is 2.00 bits per heavy atom. The van der Waals surface area contributed by atoms with Gasteiger partial charge in [0, 0.05) is 22.1 Å². The molecule has 0 radical (unpaired) electrons. The first-order valence-electron chi connectivity index (χ1n) is 6.50. The van der Waals surface area contributed by atoms with Crippen LogP contribution in [0.25, 0.3) is 0 Å². The molecule has 2 rings (SSSR count). The van der Waals surface area contributed by atoms with Crippen molar-refractivity contribution in [3.63, 3.8) is 0 Å². The fourth-order valence-corrected chi connectivity index (χ4v) is 2.55. The number of hydrogen-bond acceptors (Lipinski definition) is 2. The first-order valence-corrected chi connectivity index (χ1v) is 7.83. The molecule has 0 saturated heterocycles. The number of hydrogen-bond donors (Lipinski definition) is 0. The summed E-state index contributed by atoms with van der Waals surface area (Å²) in [7, 11) is 0. The predicted molar refractivity (Wildman–Crippen MR) is 86.8 cm³/mol. The molecule has 0 saturated carbocycles. The first kappa shape index (κ1) is 15.3. The molecule has 4 heteroatoms. The summed E-state index contributed by atoms with van der Waals surface area (Å²) in [5.41, 5.74) is 3.06. The minimum Gasteiger partial charge on any atom is -0.439 e. The Hall–Kier alpha value is -1.06. The van der Waals surface area contributed by atoms with Crippen LogP contribution in [-0.2, 0) is 5.88 Å². The fourth-order valence-electron chi connectivity index (χ4n) is 2.01. The molecule has 0 aliphatic rings. The third-order valence-corrected chi connectivity index (χ3v) is 3.75. The van der Waals surface area contributed by atoms with E-state index in [9.17, 15) is 0 Å². The highest BCUT2D eigenvalue weighted by atomic mass is 79.9. The van der Waals surface area contributed by atoms with Crippen LogP contribution in [0.4, 0.5) is 0 Å². The predicted octanol–water partition coefficient (Wildman–Crippen LogP) is 5.81. The van der Waals surface area contributed by atoms with Crippen molar-refractivity contribution in [2.45, 2.75) is 32.6 Å². The average Bonchev–Trinajstić information content (AvgIpc) is 2.40. The summed E-state index contributed by atoms with van der Waals surface area (Å²) in [6, 6.07) is 9.86. The van der Waals surface area contributed by atoms with Crippen LogP contribution in [0.2, 0.25) is 0 Å². The quantitative estimate of drug-likeness (QED) is 0.647. The number of halogens is 2. The molecule has 0 unspecified atom stereocenters. The van der Waals surface area contributed by atoms with Crippen molar-refractivity contribution in [1.82, 2.24) is 4.98 Å². The Labute approximate surface area is 133 Å². The average molecular weight is 355 g/mol. The second-order valence-electron chi connectivity index (χ2n) is 5.03. The molecular formula is C16H17BrClNO. The van der Waals surface area contributed by atoms with Gasteiger partial charge in [-0.05, 0) is 48.2 Å². The summed E-state index contributed by atoms with van der Waals surface area (Å²) in [5, 5.41) is 0. The van der Waals surface area contributed by atoms with Gasteiger partial charge in [0.05, 0.1) is 0 Å². The van der Waals surface area contributed by atoms with Gasteiger partial charge in [-0.25, -0.2) is 4.98 Å². The number of benzene rings is 1. The zero-order valence-electron chi connectivity index (χ0n) is 11.8. The van der Waals surface area contributed by atoms with Crippen LogP contribution in [0, 0.1) is 6.92 Å². The molecule has 2 nitrogen and oxygen atoms in total. The number of rotatable bonds is 4. The number of alkyl halides is 1. The Kier molecular flexibility index (Phi) is 5.06. The summed E-state index contributed by atoms with van der Waals surface area (Å²) >= 11 is 9.38. The molecular weight excluding hydrogens is 338 g/mol. The number of aromatic nitrogens is 1. The van der Waals surface area contributed by atoms with E-state index in [0.29, 0.717) is 17.7 Å². The van der Waals surface area contributed by atoms with Crippen LogP contribution in [0.15, 0.2) is 34.8 Å². The van der Waals surface area contributed by atoms with E-state index in [4.69, 9.17) is 16.3 Å². The van der Waals surface area contributed by atoms with Crippen molar-refractivity contribution in [3.05, 3.63) is 51.6 Å². The van der Waals surface area contributed by atoms with E-state index in [1.807, 2.05) is 31.2 Å². The molecule has 1 aromatic heterocycles. The molecule has 1 heterocycles. The maximum atomic E-state index is 5.96. The largest absolute Gasteiger partial charge is 0.439 e. The number of pyridine rings is 1. The standard InChI is InChI=1S/C16H17BrClNO/c1-10(2)14-8-13(17)4-5-15(14)20-16-7-12(9-18)6-11(3)19-16/h4-8,10H,9H2,1-3H3. The molecule has 0 fully saturated rings. The van der Waals surface area contributed by atoms with Crippen LogP contribution in [0.5, 0.6) is 11.6 Å². The Balaban J connectivity index is 2.37. The van der Waals surface area contributed by atoms with Gasteiger partial charge in [-0.3, -0.25) is 0 Å². The smallest absolute Gasteiger partial charge is 0.219 e. The monoisotopic (exact) mass is 353 g/mol. The Morgan fingerprint density at radius 1 is 1.25 bits per heavy atom. The van der Waals surface area contributed by atoms with E-state index in [1.54, 1.807) is 0 Å². The molecule has 1 aromatic carbocycles. The third-order valence-electron chi connectivity index (χ3n) is 2.95. The number of nitrogens with zero attached hydrogens (tertiary/aromatic N) is 1. The summed E-state index contributed by atoms with van der Waals surface area (Å²) in [5.74, 6) is 2.25. The van der Waals surface area contributed by atoms with Gasteiger partial charge >= 0.3 is 0 Å². The van der Waals surface area contributed by atoms with Gasteiger partial charge in [-0.2, -0.15) is 0 Å². The van der Waals surface area contributed by atoms with Crippen LogP contribution in [0.1, 0.15) is 36.6 Å². The van der Waals surface area contributed by atoms with Gasteiger partial charge in [0.1, 0.15) is 5.75 Å². The highest BCUT2D eigenvalue weighted by molar-refractivity contribution is 9.10. The molecule has 0 N–H and O–H groups in total. The van der Waals surface area contributed by atoms with Gasteiger partial charge in [0.25, 0.3) is 0 Å². The zero-order chi connectivity index (χ0) is 14.7. The van der Waals surface area contributed by atoms with Crippen LogP contribution in [-0.4, -0.2) is 4.98 Å². The van der Waals surface area contributed by atoms with Crippen molar-refractivity contribution in [1.29, 1.82) is 0 Å². The van der Waals surface area contributed by atoms with E-state index in [-0.39, 0.29) is 0 Å². The number of aryl methyl sites for hydroxylation is 1. The topological polar surface area (TPSA) is 22.1 Å². The number of ether oxygens (including phenoxy) is 1. The lowest BCUT2D eigenvalue weighted by Gasteiger charge is -2.14. The molecule has 2 aromatic rings.